The number of hydrogen-bond donors (Lipinski definition) is 2. The number of aliphatic imine (C=N–C) groups is 1. The number of rotatable bonds is 21. The average molecular weight is 668 g/mol. The fraction of sp³-hybridized carbons (Fsp3) is 0.641. The van der Waals surface area contributed by atoms with Crippen molar-refractivity contribution < 1.29 is 19.7 Å². The lowest BCUT2D eigenvalue weighted by Crippen LogP contribution is -2.49. The Morgan fingerprint density at radius 1 is 0.745 bits per heavy atom. The van der Waals surface area contributed by atoms with Crippen LogP contribution < -0.4 is 0 Å². The minimum Gasteiger partial charge on any atom is -0.481 e. The molecule has 0 amide bonds. The van der Waals surface area contributed by atoms with E-state index in [1.54, 1.807) is 11.8 Å². The summed E-state index contributed by atoms with van der Waals surface area (Å²) >= 11 is 1.80. The Morgan fingerprint density at radius 3 is 1.89 bits per heavy atom. The Hall–Kier alpha value is -2.39. The Labute approximate surface area is 289 Å². The highest BCUT2D eigenvalue weighted by molar-refractivity contribution is 7.99. The molecule has 0 radical (unpaired) electrons. The summed E-state index contributed by atoms with van der Waals surface area (Å²) in [5.74, 6) is 0.430. The van der Waals surface area contributed by atoms with Crippen molar-refractivity contribution in [1.82, 2.24) is 9.80 Å². The molecule has 8 heteroatoms. The van der Waals surface area contributed by atoms with E-state index in [0.717, 1.165) is 57.1 Å². The van der Waals surface area contributed by atoms with Crippen LogP contribution in [-0.2, 0) is 9.53 Å². The van der Waals surface area contributed by atoms with Crippen molar-refractivity contribution in [2.45, 2.75) is 119 Å². The molecule has 1 fully saturated rings. The van der Waals surface area contributed by atoms with E-state index in [2.05, 4.69) is 65.3 Å². The van der Waals surface area contributed by atoms with Gasteiger partial charge in [0.2, 0.25) is 0 Å². The predicted molar refractivity (Wildman–Crippen MR) is 196 cm³/mol. The second-order valence-electron chi connectivity index (χ2n) is 12.8. The highest BCUT2D eigenvalue weighted by Gasteiger charge is 2.25. The van der Waals surface area contributed by atoms with Crippen molar-refractivity contribution >= 4 is 29.3 Å². The van der Waals surface area contributed by atoms with Crippen molar-refractivity contribution in [2.75, 3.05) is 52.5 Å². The Morgan fingerprint density at radius 2 is 1.30 bits per heavy atom. The van der Waals surface area contributed by atoms with Gasteiger partial charge in [-0.1, -0.05) is 139 Å². The summed E-state index contributed by atoms with van der Waals surface area (Å²) in [6.45, 7) is 8.28. The van der Waals surface area contributed by atoms with Gasteiger partial charge in [-0.2, -0.15) is 0 Å². The predicted octanol–water partition coefficient (Wildman–Crippen LogP) is 9.19. The number of piperazine rings is 1. The lowest BCUT2D eigenvalue weighted by molar-refractivity contribution is -0.137. The molecule has 2 heterocycles. The second-order valence-corrected chi connectivity index (χ2v) is 13.8. The van der Waals surface area contributed by atoms with Gasteiger partial charge in [0.05, 0.1) is 25.5 Å². The first-order valence-electron chi connectivity index (χ1n) is 18.4. The number of aliphatic carboxylic acids is 1. The zero-order valence-electron chi connectivity index (χ0n) is 29.1. The molecular formula is C39H61N3O4S. The summed E-state index contributed by atoms with van der Waals surface area (Å²) < 4.78 is 5.40. The van der Waals surface area contributed by atoms with Crippen molar-refractivity contribution in [3.05, 3.63) is 54.1 Å². The number of carboxylic acids is 1. The molecule has 0 spiro atoms. The summed E-state index contributed by atoms with van der Waals surface area (Å²) in [4.78, 5) is 22.7. The Bertz CT molecular complexity index is 1150. The molecule has 2 N–H and O–H groups in total. The molecule has 47 heavy (non-hydrogen) atoms. The van der Waals surface area contributed by atoms with E-state index in [9.17, 15) is 4.79 Å². The van der Waals surface area contributed by atoms with Gasteiger partial charge in [0, 0.05) is 54.5 Å². The van der Waals surface area contributed by atoms with E-state index in [1.807, 2.05) is 0 Å². The molecule has 0 unspecified atom stereocenters. The molecule has 2 aromatic rings. The SMILES string of the molecule is CCCCCCCCCCCCCCCCCC(=O)O.OCCOCCN1CCN(C2=Nc3ccccc3Sc3ccccc32)CC1. The molecule has 2 aliphatic heterocycles. The molecule has 2 aliphatic rings. The average Bonchev–Trinajstić information content (AvgIpc) is 3.26. The number of amidine groups is 1. The normalized spacial score (nSPS) is 14.4. The Kier molecular flexibility index (Phi) is 20.5. The third-order valence-corrected chi connectivity index (χ3v) is 10.0. The fourth-order valence-corrected chi connectivity index (χ4v) is 7.12. The highest BCUT2D eigenvalue weighted by atomic mass is 32.2. The van der Waals surface area contributed by atoms with Crippen molar-refractivity contribution in [1.29, 1.82) is 0 Å². The number of nitrogens with zero attached hydrogens (tertiary/aromatic N) is 3. The number of fused-ring (bicyclic) bond motifs is 2. The molecule has 262 valence electrons. The van der Waals surface area contributed by atoms with Gasteiger partial charge in [0.25, 0.3) is 0 Å². The van der Waals surface area contributed by atoms with Crippen LogP contribution in [0.2, 0.25) is 0 Å². The minimum atomic E-state index is -0.653. The van der Waals surface area contributed by atoms with E-state index in [0.29, 0.717) is 19.6 Å². The topological polar surface area (TPSA) is 85.6 Å². The number of para-hydroxylation sites is 1. The summed E-state index contributed by atoms with van der Waals surface area (Å²) in [7, 11) is 0. The molecule has 0 bridgehead atoms. The molecular weight excluding hydrogens is 607 g/mol. The van der Waals surface area contributed by atoms with E-state index in [1.165, 1.54) is 98.8 Å². The number of benzene rings is 2. The number of unbranched alkanes of at least 4 members (excludes halogenated alkanes) is 14. The molecule has 2 aromatic carbocycles. The Balaban J connectivity index is 0.000000270. The van der Waals surface area contributed by atoms with Gasteiger partial charge < -0.3 is 19.8 Å². The lowest BCUT2D eigenvalue weighted by atomic mass is 10.0. The third kappa shape index (κ3) is 16.0. The maximum atomic E-state index is 10.3. The van der Waals surface area contributed by atoms with Crippen LogP contribution in [0.1, 0.15) is 115 Å². The first-order chi connectivity index (χ1) is 23.1. The van der Waals surface area contributed by atoms with Crippen molar-refractivity contribution in [2.24, 2.45) is 4.99 Å². The van der Waals surface area contributed by atoms with Crippen molar-refractivity contribution in [3.63, 3.8) is 0 Å². The first kappa shape index (κ1) is 39.1. The van der Waals surface area contributed by atoms with E-state index >= 15 is 0 Å². The molecule has 0 aromatic heterocycles. The standard InChI is InChI=1S/C21H25N3O2S.C18H36O2/c25-14-16-26-15-13-23-9-11-24(12-10-23)21-17-5-1-3-7-19(17)27-20-8-4-2-6-18(20)22-21;1-2-3-4-5-6-7-8-9-10-11-12-13-14-15-16-17-18(19)20/h1-8,25H,9-16H2;2-17H2,1H3,(H,19,20). The molecule has 1 saturated heterocycles. The fourth-order valence-electron chi connectivity index (χ4n) is 6.10. The van der Waals surface area contributed by atoms with Gasteiger partial charge in [-0.15, -0.1) is 0 Å². The number of carbonyl (C=O) groups is 1. The van der Waals surface area contributed by atoms with Crippen LogP contribution in [0.3, 0.4) is 0 Å². The van der Waals surface area contributed by atoms with Gasteiger partial charge in [0.1, 0.15) is 5.84 Å². The second kappa shape index (κ2) is 24.7. The van der Waals surface area contributed by atoms with E-state index in [-0.39, 0.29) is 6.61 Å². The monoisotopic (exact) mass is 667 g/mol. The van der Waals surface area contributed by atoms with E-state index in [4.69, 9.17) is 19.9 Å². The molecule has 0 aliphatic carbocycles. The number of ether oxygens (including phenoxy) is 1. The zero-order valence-corrected chi connectivity index (χ0v) is 29.9. The van der Waals surface area contributed by atoms with E-state index < -0.39 is 5.97 Å². The molecule has 0 atom stereocenters. The summed E-state index contributed by atoms with van der Waals surface area (Å²) in [5.41, 5.74) is 2.27. The maximum absolute atomic E-state index is 10.3. The summed E-state index contributed by atoms with van der Waals surface area (Å²) in [6.07, 6.45) is 20.2. The van der Waals surface area contributed by atoms with Gasteiger partial charge in [-0.3, -0.25) is 9.69 Å². The van der Waals surface area contributed by atoms with Crippen LogP contribution in [0.5, 0.6) is 0 Å². The number of aliphatic hydroxyl groups is 1. The van der Waals surface area contributed by atoms with Gasteiger partial charge in [0.15, 0.2) is 0 Å². The smallest absolute Gasteiger partial charge is 0.303 e. The van der Waals surface area contributed by atoms with Gasteiger partial charge in [-0.25, -0.2) is 4.99 Å². The maximum Gasteiger partial charge on any atom is 0.303 e. The largest absolute Gasteiger partial charge is 0.481 e. The van der Waals surface area contributed by atoms with Crippen molar-refractivity contribution in [3.8, 4) is 0 Å². The van der Waals surface area contributed by atoms with Crippen LogP contribution in [0.4, 0.5) is 5.69 Å². The summed E-state index contributed by atoms with van der Waals surface area (Å²) in [6, 6.07) is 16.9. The number of hydrogen-bond acceptors (Lipinski definition) is 7. The van der Waals surface area contributed by atoms with Crippen LogP contribution in [0.25, 0.3) is 0 Å². The summed E-state index contributed by atoms with van der Waals surface area (Å²) in [5, 5.41) is 17.3. The zero-order chi connectivity index (χ0) is 33.4. The molecule has 4 rings (SSSR count). The lowest BCUT2D eigenvalue weighted by Gasteiger charge is -2.36. The highest BCUT2D eigenvalue weighted by Crippen LogP contribution is 2.40. The van der Waals surface area contributed by atoms with Crippen LogP contribution in [0, 0.1) is 0 Å². The quantitative estimate of drug-likeness (QED) is 0.128. The number of carboxylic acid groups (broad SMARTS) is 1. The van der Waals surface area contributed by atoms with Gasteiger partial charge >= 0.3 is 5.97 Å². The first-order valence-corrected chi connectivity index (χ1v) is 19.3. The molecule has 7 nitrogen and oxygen atoms in total. The van der Waals surface area contributed by atoms with Crippen LogP contribution >= 0.6 is 11.8 Å². The minimum absolute atomic E-state index is 0.0898. The van der Waals surface area contributed by atoms with Crippen LogP contribution in [-0.4, -0.2) is 84.4 Å². The third-order valence-electron chi connectivity index (χ3n) is 8.89. The number of aliphatic hydroxyl groups excluding tert-OH is 1. The van der Waals surface area contributed by atoms with Crippen LogP contribution in [0.15, 0.2) is 63.3 Å². The van der Waals surface area contributed by atoms with Gasteiger partial charge in [-0.05, 0) is 24.6 Å². The molecule has 0 saturated carbocycles.